The SMILES string of the molecule is CCOCCn1c(N2CCNCC2)nc2ccccc21. The van der Waals surface area contributed by atoms with E-state index in [1.165, 1.54) is 5.52 Å². The molecule has 0 aliphatic carbocycles. The number of fused-ring (bicyclic) bond motifs is 1. The molecule has 1 aromatic heterocycles. The van der Waals surface area contributed by atoms with Crippen LogP contribution < -0.4 is 10.2 Å². The maximum Gasteiger partial charge on any atom is 0.206 e. The predicted octanol–water partition coefficient (Wildman–Crippen LogP) is 1.48. The average molecular weight is 274 g/mol. The van der Waals surface area contributed by atoms with Crippen LogP contribution in [0, 0.1) is 0 Å². The summed E-state index contributed by atoms with van der Waals surface area (Å²) >= 11 is 0. The van der Waals surface area contributed by atoms with E-state index in [-0.39, 0.29) is 0 Å². The molecule has 1 fully saturated rings. The molecule has 2 aromatic rings. The number of anilines is 1. The van der Waals surface area contributed by atoms with Gasteiger partial charge in [-0.2, -0.15) is 0 Å². The number of aromatic nitrogens is 2. The minimum absolute atomic E-state index is 0.732. The molecule has 0 bridgehead atoms. The maximum absolute atomic E-state index is 5.52. The second-order valence-corrected chi connectivity index (χ2v) is 4.99. The van der Waals surface area contributed by atoms with Crippen LogP contribution in [0.15, 0.2) is 24.3 Å². The Morgan fingerprint density at radius 1 is 1.25 bits per heavy atom. The quantitative estimate of drug-likeness (QED) is 0.839. The first kappa shape index (κ1) is 13.4. The lowest BCUT2D eigenvalue weighted by atomic mass is 10.3. The third-order valence-corrected chi connectivity index (χ3v) is 3.70. The van der Waals surface area contributed by atoms with Gasteiger partial charge in [-0.05, 0) is 19.1 Å². The van der Waals surface area contributed by atoms with Gasteiger partial charge in [-0.25, -0.2) is 4.98 Å². The van der Waals surface area contributed by atoms with Crippen molar-refractivity contribution in [3.8, 4) is 0 Å². The van der Waals surface area contributed by atoms with Crippen molar-refractivity contribution < 1.29 is 4.74 Å². The van der Waals surface area contributed by atoms with Crippen LogP contribution in [0.1, 0.15) is 6.92 Å². The number of nitrogens with zero attached hydrogens (tertiary/aromatic N) is 3. The van der Waals surface area contributed by atoms with Crippen LogP contribution in [0.2, 0.25) is 0 Å². The summed E-state index contributed by atoms with van der Waals surface area (Å²) in [7, 11) is 0. The Bertz CT molecular complexity index is 560. The largest absolute Gasteiger partial charge is 0.380 e. The number of benzene rings is 1. The second kappa shape index (κ2) is 6.24. The molecule has 1 aromatic carbocycles. The number of piperazine rings is 1. The molecule has 0 atom stereocenters. The molecule has 0 radical (unpaired) electrons. The molecule has 3 rings (SSSR count). The lowest BCUT2D eigenvalue weighted by Crippen LogP contribution is -2.44. The summed E-state index contributed by atoms with van der Waals surface area (Å²) in [6, 6.07) is 8.34. The molecule has 0 spiro atoms. The van der Waals surface area contributed by atoms with Gasteiger partial charge in [0.15, 0.2) is 0 Å². The number of hydrogen-bond donors (Lipinski definition) is 1. The number of rotatable bonds is 5. The average Bonchev–Trinajstić information content (AvgIpc) is 2.87. The normalized spacial score (nSPS) is 15.9. The second-order valence-electron chi connectivity index (χ2n) is 4.99. The van der Waals surface area contributed by atoms with E-state index in [0.29, 0.717) is 0 Å². The zero-order valence-corrected chi connectivity index (χ0v) is 12.0. The molecule has 20 heavy (non-hydrogen) atoms. The van der Waals surface area contributed by atoms with Gasteiger partial charge in [0.1, 0.15) is 0 Å². The van der Waals surface area contributed by atoms with Crippen molar-refractivity contribution in [2.75, 3.05) is 44.3 Å². The Balaban J connectivity index is 1.93. The minimum Gasteiger partial charge on any atom is -0.380 e. The van der Waals surface area contributed by atoms with Crippen LogP contribution in [0.25, 0.3) is 11.0 Å². The Kier molecular flexibility index (Phi) is 4.18. The molecule has 1 aliphatic rings. The van der Waals surface area contributed by atoms with Crippen molar-refractivity contribution in [3.05, 3.63) is 24.3 Å². The molecule has 2 heterocycles. The van der Waals surface area contributed by atoms with Crippen molar-refractivity contribution >= 4 is 17.0 Å². The zero-order chi connectivity index (χ0) is 13.8. The summed E-state index contributed by atoms with van der Waals surface area (Å²) in [6.45, 7) is 8.45. The van der Waals surface area contributed by atoms with Gasteiger partial charge in [-0.15, -0.1) is 0 Å². The van der Waals surface area contributed by atoms with E-state index in [0.717, 1.165) is 57.4 Å². The topological polar surface area (TPSA) is 42.3 Å². The highest BCUT2D eigenvalue weighted by Crippen LogP contribution is 2.22. The van der Waals surface area contributed by atoms with Crippen LogP contribution in [-0.4, -0.2) is 48.9 Å². The van der Waals surface area contributed by atoms with E-state index in [4.69, 9.17) is 9.72 Å². The summed E-state index contributed by atoms with van der Waals surface area (Å²) in [5.74, 6) is 1.08. The number of hydrogen-bond acceptors (Lipinski definition) is 4. The summed E-state index contributed by atoms with van der Waals surface area (Å²) in [5, 5.41) is 3.39. The standard InChI is InChI=1S/C15H22N4O/c1-2-20-12-11-19-14-6-4-3-5-13(14)17-15(19)18-9-7-16-8-10-18/h3-6,16H,2,7-12H2,1H3. The number of para-hydroxylation sites is 2. The monoisotopic (exact) mass is 274 g/mol. The fourth-order valence-corrected chi connectivity index (χ4v) is 2.69. The van der Waals surface area contributed by atoms with Gasteiger partial charge in [0.05, 0.1) is 17.6 Å². The third kappa shape index (κ3) is 2.64. The van der Waals surface area contributed by atoms with E-state index in [9.17, 15) is 0 Å². The van der Waals surface area contributed by atoms with Crippen molar-refractivity contribution in [1.29, 1.82) is 0 Å². The van der Waals surface area contributed by atoms with Crippen LogP contribution in [0.5, 0.6) is 0 Å². The van der Waals surface area contributed by atoms with Gasteiger partial charge in [-0.1, -0.05) is 12.1 Å². The highest BCUT2D eigenvalue weighted by atomic mass is 16.5. The van der Waals surface area contributed by atoms with Crippen LogP contribution in [0.4, 0.5) is 5.95 Å². The molecule has 0 saturated carbocycles. The summed E-state index contributed by atoms with van der Waals surface area (Å²) < 4.78 is 7.81. The smallest absolute Gasteiger partial charge is 0.206 e. The molecule has 0 unspecified atom stereocenters. The van der Waals surface area contributed by atoms with Crippen LogP contribution in [0.3, 0.4) is 0 Å². The molecular formula is C15H22N4O. The van der Waals surface area contributed by atoms with Gasteiger partial charge in [0, 0.05) is 39.3 Å². The minimum atomic E-state index is 0.732. The lowest BCUT2D eigenvalue weighted by Gasteiger charge is -2.28. The number of ether oxygens (including phenoxy) is 1. The van der Waals surface area contributed by atoms with Crippen molar-refractivity contribution in [1.82, 2.24) is 14.9 Å². The number of nitrogens with one attached hydrogen (secondary N) is 1. The van der Waals surface area contributed by atoms with Crippen molar-refractivity contribution in [2.24, 2.45) is 0 Å². The van der Waals surface area contributed by atoms with Crippen molar-refractivity contribution in [2.45, 2.75) is 13.5 Å². The fraction of sp³-hybridized carbons (Fsp3) is 0.533. The van der Waals surface area contributed by atoms with E-state index in [2.05, 4.69) is 33.0 Å². The molecular weight excluding hydrogens is 252 g/mol. The Morgan fingerprint density at radius 2 is 2.05 bits per heavy atom. The Morgan fingerprint density at radius 3 is 2.85 bits per heavy atom. The Labute approximate surface area is 119 Å². The Hall–Kier alpha value is -1.59. The van der Waals surface area contributed by atoms with E-state index >= 15 is 0 Å². The predicted molar refractivity (Wildman–Crippen MR) is 81.3 cm³/mol. The van der Waals surface area contributed by atoms with E-state index < -0.39 is 0 Å². The van der Waals surface area contributed by atoms with Gasteiger partial charge in [-0.3, -0.25) is 0 Å². The number of imidazole rings is 1. The van der Waals surface area contributed by atoms with Crippen molar-refractivity contribution in [3.63, 3.8) is 0 Å². The first-order chi connectivity index (χ1) is 9.90. The maximum atomic E-state index is 5.52. The van der Waals surface area contributed by atoms with Gasteiger partial charge >= 0.3 is 0 Å². The van der Waals surface area contributed by atoms with Gasteiger partial charge in [0.2, 0.25) is 5.95 Å². The summed E-state index contributed by atoms with van der Waals surface area (Å²) in [4.78, 5) is 7.18. The molecule has 0 amide bonds. The molecule has 5 heteroatoms. The highest BCUT2D eigenvalue weighted by Gasteiger charge is 2.18. The molecule has 108 valence electrons. The summed E-state index contributed by atoms with van der Waals surface area (Å²) in [5.41, 5.74) is 2.26. The lowest BCUT2D eigenvalue weighted by molar-refractivity contribution is 0.140. The zero-order valence-electron chi connectivity index (χ0n) is 12.0. The molecule has 5 nitrogen and oxygen atoms in total. The third-order valence-electron chi connectivity index (χ3n) is 3.70. The summed E-state index contributed by atoms with van der Waals surface area (Å²) in [6.07, 6.45) is 0. The van der Waals surface area contributed by atoms with E-state index in [1.807, 2.05) is 13.0 Å². The molecule has 1 saturated heterocycles. The molecule has 1 N–H and O–H groups in total. The molecule has 1 aliphatic heterocycles. The van der Waals surface area contributed by atoms with Gasteiger partial charge in [0.25, 0.3) is 0 Å². The van der Waals surface area contributed by atoms with Gasteiger partial charge < -0.3 is 19.5 Å². The van der Waals surface area contributed by atoms with E-state index in [1.54, 1.807) is 0 Å². The van der Waals surface area contributed by atoms with Crippen LogP contribution >= 0.6 is 0 Å². The first-order valence-corrected chi connectivity index (χ1v) is 7.39. The first-order valence-electron chi connectivity index (χ1n) is 7.39. The fourth-order valence-electron chi connectivity index (χ4n) is 2.69. The highest BCUT2D eigenvalue weighted by molar-refractivity contribution is 5.78. The van der Waals surface area contributed by atoms with Crippen LogP contribution in [-0.2, 0) is 11.3 Å².